The third-order valence-electron chi connectivity index (χ3n) is 6.09. The Hall–Kier alpha value is -2.88. The molecule has 1 N–H and O–H groups in total. The minimum Gasteiger partial charge on any atom is -0.338 e. The molecule has 7 heteroatoms. The van der Waals surface area contributed by atoms with Gasteiger partial charge in [0.05, 0.1) is 5.56 Å². The van der Waals surface area contributed by atoms with E-state index < -0.39 is 5.56 Å². The van der Waals surface area contributed by atoms with E-state index in [2.05, 4.69) is 20.7 Å². The third-order valence-corrected chi connectivity index (χ3v) is 6.09. The second kappa shape index (κ2) is 7.63. The number of nitriles is 1. The van der Waals surface area contributed by atoms with Crippen LogP contribution in [0.1, 0.15) is 65.5 Å². The van der Waals surface area contributed by atoms with Gasteiger partial charge in [0, 0.05) is 43.6 Å². The molecule has 1 aliphatic heterocycles. The molecule has 2 aromatic rings. The van der Waals surface area contributed by atoms with Gasteiger partial charge in [0.2, 0.25) is 0 Å². The van der Waals surface area contributed by atoms with Crippen molar-refractivity contribution in [3.8, 4) is 6.07 Å². The molecule has 2 aromatic heterocycles. The van der Waals surface area contributed by atoms with Crippen molar-refractivity contribution in [2.24, 2.45) is 5.92 Å². The van der Waals surface area contributed by atoms with Gasteiger partial charge in [-0.15, -0.1) is 0 Å². The van der Waals surface area contributed by atoms with Gasteiger partial charge in [0.1, 0.15) is 17.5 Å². The van der Waals surface area contributed by atoms with Crippen molar-refractivity contribution < 1.29 is 4.79 Å². The number of likely N-dealkylation sites (tertiary alicyclic amines) is 1. The average molecular weight is 379 g/mol. The van der Waals surface area contributed by atoms with E-state index in [1.807, 2.05) is 17.2 Å². The summed E-state index contributed by atoms with van der Waals surface area (Å²) in [6, 6.07) is 3.27. The highest BCUT2D eigenvalue weighted by Crippen LogP contribution is 2.31. The van der Waals surface area contributed by atoms with E-state index in [9.17, 15) is 9.59 Å². The van der Waals surface area contributed by atoms with Crippen LogP contribution in [-0.4, -0.2) is 38.4 Å². The fraction of sp³-hybridized carbons (Fsp3) is 0.524. The largest absolute Gasteiger partial charge is 0.338 e. The topological polar surface area (TPSA) is 94.8 Å². The van der Waals surface area contributed by atoms with E-state index in [-0.39, 0.29) is 17.4 Å². The number of piperidine rings is 1. The Labute approximate surface area is 164 Å². The molecule has 28 heavy (non-hydrogen) atoms. The quantitative estimate of drug-likeness (QED) is 0.883. The average Bonchev–Trinajstić information content (AvgIpc) is 3.13. The second-order valence-electron chi connectivity index (χ2n) is 7.99. The summed E-state index contributed by atoms with van der Waals surface area (Å²) in [5.41, 5.74) is 0.418. The van der Waals surface area contributed by atoms with E-state index in [4.69, 9.17) is 5.26 Å². The lowest BCUT2D eigenvalue weighted by molar-refractivity contribution is 0.0701. The summed E-state index contributed by atoms with van der Waals surface area (Å²) in [5, 5.41) is 9.11. The van der Waals surface area contributed by atoms with Crippen LogP contribution in [-0.2, 0) is 6.54 Å². The summed E-state index contributed by atoms with van der Waals surface area (Å²) >= 11 is 0. The molecule has 1 atom stereocenters. The Balaban J connectivity index is 1.53. The van der Waals surface area contributed by atoms with Crippen LogP contribution in [0.4, 0.5) is 0 Å². The molecule has 0 spiro atoms. The number of H-pyrrole nitrogens is 1. The molecule has 1 saturated heterocycles. The molecule has 146 valence electrons. The van der Waals surface area contributed by atoms with E-state index in [1.165, 1.54) is 25.3 Å². The molecule has 2 aliphatic rings. The number of amides is 1. The van der Waals surface area contributed by atoms with Crippen LogP contribution < -0.4 is 5.56 Å². The molecule has 0 bridgehead atoms. The summed E-state index contributed by atoms with van der Waals surface area (Å²) in [6.07, 6.45) is 9.75. The summed E-state index contributed by atoms with van der Waals surface area (Å²) in [5.74, 6) is 1.90. The third kappa shape index (κ3) is 3.47. The highest BCUT2D eigenvalue weighted by atomic mass is 16.2. The maximum absolute atomic E-state index is 13.1. The lowest BCUT2D eigenvalue weighted by Crippen LogP contribution is -2.40. The lowest BCUT2D eigenvalue weighted by Gasteiger charge is -2.34. The van der Waals surface area contributed by atoms with Crippen molar-refractivity contribution in [3.05, 3.63) is 51.5 Å². The molecule has 1 amide bonds. The van der Waals surface area contributed by atoms with Gasteiger partial charge < -0.3 is 14.5 Å². The Morgan fingerprint density at radius 2 is 2.18 bits per heavy atom. The van der Waals surface area contributed by atoms with Crippen molar-refractivity contribution in [1.29, 1.82) is 5.26 Å². The number of carbonyl (C=O) groups excluding carboxylic acids is 1. The van der Waals surface area contributed by atoms with E-state index >= 15 is 0 Å². The lowest BCUT2D eigenvalue weighted by atomic mass is 9.85. The minimum atomic E-state index is -0.453. The first-order valence-corrected chi connectivity index (χ1v) is 10.0. The number of hydrogen-bond donors (Lipinski definition) is 1. The van der Waals surface area contributed by atoms with Crippen LogP contribution in [0.25, 0.3) is 0 Å². The molecule has 3 heterocycles. The number of pyridine rings is 1. The minimum absolute atomic E-state index is 0.0291. The van der Waals surface area contributed by atoms with Gasteiger partial charge in [-0.2, -0.15) is 5.26 Å². The first kappa shape index (κ1) is 18.5. The maximum atomic E-state index is 13.1. The first-order valence-electron chi connectivity index (χ1n) is 10.0. The Kier molecular flexibility index (Phi) is 5.03. The van der Waals surface area contributed by atoms with Gasteiger partial charge in [-0.05, 0) is 44.6 Å². The Morgan fingerprint density at radius 3 is 2.89 bits per heavy atom. The standard InChI is InChI=1S/C21H25N5O2/c1-14-18(10-17(11-22)20(27)24-14)21(28)26-8-3-6-16(13-26)19-23-7-9-25(19)12-15-4-2-5-15/h7,9-10,15-16H,2-6,8,12-13H2,1H3,(H,24,27)/t16-/m1/s1. The van der Waals surface area contributed by atoms with Crippen molar-refractivity contribution in [1.82, 2.24) is 19.4 Å². The number of nitrogens with one attached hydrogen (secondary N) is 1. The van der Waals surface area contributed by atoms with Crippen LogP contribution in [0.3, 0.4) is 0 Å². The smallest absolute Gasteiger partial charge is 0.266 e. The Morgan fingerprint density at radius 1 is 1.36 bits per heavy atom. The van der Waals surface area contributed by atoms with Crippen molar-refractivity contribution in [2.45, 2.75) is 51.5 Å². The zero-order valence-corrected chi connectivity index (χ0v) is 16.1. The summed E-state index contributed by atoms with van der Waals surface area (Å²) < 4.78 is 2.27. The fourth-order valence-electron chi connectivity index (χ4n) is 4.26. The van der Waals surface area contributed by atoms with E-state index in [1.54, 1.807) is 6.92 Å². The van der Waals surface area contributed by atoms with Gasteiger partial charge in [-0.25, -0.2) is 4.98 Å². The number of aryl methyl sites for hydroxylation is 1. The van der Waals surface area contributed by atoms with Crippen LogP contribution in [0.5, 0.6) is 0 Å². The summed E-state index contributed by atoms with van der Waals surface area (Å²) in [4.78, 5) is 33.9. The molecule has 4 rings (SSSR count). The van der Waals surface area contributed by atoms with Gasteiger partial charge in [0.15, 0.2) is 0 Å². The number of carbonyl (C=O) groups is 1. The number of rotatable bonds is 4. The number of aromatic amines is 1. The highest BCUT2D eigenvalue weighted by molar-refractivity contribution is 5.95. The molecule has 1 saturated carbocycles. The zero-order valence-electron chi connectivity index (χ0n) is 16.1. The van der Waals surface area contributed by atoms with Crippen LogP contribution in [0.2, 0.25) is 0 Å². The molecule has 0 radical (unpaired) electrons. The van der Waals surface area contributed by atoms with E-state index in [0.29, 0.717) is 24.3 Å². The van der Waals surface area contributed by atoms with Gasteiger partial charge >= 0.3 is 0 Å². The first-order chi connectivity index (χ1) is 13.6. The van der Waals surface area contributed by atoms with Gasteiger partial charge in [-0.3, -0.25) is 9.59 Å². The monoisotopic (exact) mass is 379 g/mol. The van der Waals surface area contributed by atoms with E-state index in [0.717, 1.165) is 31.1 Å². The molecule has 0 unspecified atom stereocenters. The normalized spacial score (nSPS) is 19.9. The fourth-order valence-corrected chi connectivity index (χ4v) is 4.26. The molecular formula is C21H25N5O2. The molecule has 2 fully saturated rings. The SMILES string of the molecule is Cc1[nH]c(=O)c(C#N)cc1C(=O)N1CCC[C@@H](c2nccn2CC2CCC2)C1. The number of imidazole rings is 1. The summed E-state index contributed by atoms with van der Waals surface area (Å²) in [7, 11) is 0. The van der Waals surface area contributed by atoms with Crippen LogP contribution >= 0.6 is 0 Å². The van der Waals surface area contributed by atoms with Crippen LogP contribution in [0.15, 0.2) is 23.3 Å². The second-order valence-corrected chi connectivity index (χ2v) is 7.99. The van der Waals surface area contributed by atoms with Crippen LogP contribution in [0, 0.1) is 24.2 Å². The number of hydrogen-bond acceptors (Lipinski definition) is 4. The number of aromatic nitrogens is 3. The molecule has 1 aliphatic carbocycles. The van der Waals surface area contributed by atoms with Gasteiger partial charge in [-0.1, -0.05) is 6.42 Å². The summed E-state index contributed by atoms with van der Waals surface area (Å²) in [6.45, 7) is 4.01. The van der Waals surface area contributed by atoms with Crippen molar-refractivity contribution in [2.75, 3.05) is 13.1 Å². The van der Waals surface area contributed by atoms with Gasteiger partial charge in [0.25, 0.3) is 11.5 Å². The molecule has 7 nitrogen and oxygen atoms in total. The highest BCUT2D eigenvalue weighted by Gasteiger charge is 2.30. The van der Waals surface area contributed by atoms with Crippen molar-refractivity contribution in [3.63, 3.8) is 0 Å². The predicted octanol–water partition coefficient (Wildman–Crippen LogP) is 2.57. The zero-order chi connectivity index (χ0) is 19.7. The number of nitrogens with zero attached hydrogens (tertiary/aromatic N) is 4. The Bertz CT molecular complexity index is 979. The molecular weight excluding hydrogens is 354 g/mol. The maximum Gasteiger partial charge on any atom is 0.266 e. The van der Waals surface area contributed by atoms with Crippen molar-refractivity contribution >= 4 is 5.91 Å². The molecule has 0 aromatic carbocycles. The predicted molar refractivity (Wildman–Crippen MR) is 104 cm³/mol.